The largest absolute Gasteiger partial charge is 0.417 e. The smallest absolute Gasteiger partial charge is 0.326 e. The zero-order chi connectivity index (χ0) is 18.0. The summed E-state index contributed by atoms with van der Waals surface area (Å²) in [6.45, 7) is 0.242. The van der Waals surface area contributed by atoms with Crippen LogP contribution >= 0.6 is 11.6 Å². The molecule has 2 N–H and O–H groups in total. The van der Waals surface area contributed by atoms with Crippen LogP contribution in [-0.2, 0) is 20.8 Å². The van der Waals surface area contributed by atoms with E-state index in [2.05, 4.69) is 10.6 Å². The van der Waals surface area contributed by atoms with Gasteiger partial charge in [-0.1, -0.05) is 11.6 Å². The van der Waals surface area contributed by atoms with Crippen molar-refractivity contribution in [2.24, 2.45) is 0 Å². The van der Waals surface area contributed by atoms with Gasteiger partial charge >= 0.3 is 6.18 Å². The molecule has 0 saturated carbocycles. The summed E-state index contributed by atoms with van der Waals surface area (Å²) in [6, 6.07) is 2.95. The zero-order valence-electron chi connectivity index (χ0n) is 12.5. The van der Waals surface area contributed by atoms with Crippen molar-refractivity contribution >= 4 is 33.0 Å². The Hall–Kier alpha value is -1.32. The molecule has 5 nitrogen and oxygen atoms in total. The minimum absolute atomic E-state index is 0.000157. The van der Waals surface area contributed by atoms with Crippen LogP contribution in [-0.4, -0.2) is 38.4 Å². The fourth-order valence-electron chi connectivity index (χ4n) is 2.39. The standard InChI is InChI=1S/C14H16ClF3N2O3S/c15-12-2-1-9(7-11(12)14(16,17)18)20-13(21)3-5-19-10-4-6-24(22,23)8-10/h1-2,7,10,19H,3-6,8H2,(H,20,21). The second-order valence-corrected chi connectivity index (χ2v) is 8.18. The minimum Gasteiger partial charge on any atom is -0.326 e. The first-order chi connectivity index (χ1) is 11.1. The summed E-state index contributed by atoms with van der Waals surface area (Å²) in [5.41, 5.74) is -1.02. The molecule has 1 fully saturated rings. The van der Waals surface area contributed by atoms with Gasteiger partial charge in [-0.15, -0.1) is 0 Å². The maximum Gasteiger partial charge on any atom is 0.417 e. The summed E-state index contributed by atoms with van der Waals surface area (Å²) in [4.78, 5) is 11.8. The zero-order valence-corrected chi connectivity index (χ0v) is 14.1. The second kappa shape index (κ2) is 7.28. The first-order valence-corrected chi connectivity index (χ1v) is 9.37. The number of carbonyl (C=O) groups is 1. The molecule has 1 amide bonds. The van der Waals surface area contributed by atoms with Gasteiger partial charge in [0, 0.05) is 24.7 Å². The fraction of sp³-hybridized carbons (Fsp3) is 0.500. The summed E-state index contributed by atoms with van der Waals surface area (Å²) in [5.74, 6) is -0.304. The number of hydrogen-bond acceptors (Lipinski definition) is 4. The highest BCUT2D eigenvalue weighted by Gasteiger charge is 2.33. The van der Waals surface area contributed by atoms with Crippen molar-refractivity contribution in [3.63, 3.8) is 0 Å². The third-order valence-electron chi connectivity index (χ3n) is 3.57. The summed E-state index contributed by atoms with van der Waals surface area (Å²) in [5, 5.41) is 4.88. The van der Waals surface area contributed by atoms with E-state index in [1.807, 2.05) is 0 Å². The molecule has 0 aliphatic carbocycles. The number of anilines is 1. The molecule has 1 aliphatic heterocycles. The lowest BCUT2D eigenvalue weighted by molar-refractivity contribution is -0.137. The van der Waals surface area contributed by atoms with E-state index in [0.717, 1.165) is 12.1 Å². The Morgan fingerprint density at radius 3 is 2.62 bits per heavy atom. The third kappa shape index (κ3) is 5.35. The lowest BCUT2D eigenvalue weighted by Gasteiger charge is -2.13. The molecule has 1 aromatic rings. The maximum absolute atomic E-state index is 12.7. The van der Waals surface area contributed by atoms with Crippen molar-refractivity contribution in [3.05, 3.63) is 28.8 Å². The van der Waals surface area contributed by atoms with Gasteiger partial charge in [0.2, 0.25) is 5.91 Å². The van der Waals surface area contributed by atoms with Crippen LogP contribution in [0.1, 0.15) is 18.4 Å². The predicted octanol–water partition coefficient (Wildman–Crippen LogP) is 2.46. The monoisotopic (exact) mass is 384 g/mol. The van der Waals surface area contributed by atoms with E-state index >= 15 is 0 Å². The molecule has 2 rings (SSSR count). The van der Waals surface area contributed by atoms with Gasteiger partial charge < -0.3 is 10.6 Å². The molecule has 0 bridgehead atoms. The molecular weight excluding hydrogens is 369 g/mol. The Labute approximate surface area is 142 Å². The van der Waals surface area contributed by atoms with E-state index in [0.29, 0.717) is 6.42 Å². The van der Waals surface area contributed by atoms with Crippen LogP contribution in [0.2, 0.25) is 5.02 Å². The van der Waals surface area contributed by atoms with Crippen molar-refractivity contribution in [2.75, 3.05) is 23.4 Å². The van der Waals surface area contributed by atoms with Crippen molar-refractivity contribution in [1.82, 2.24) is 5.32 Å². The molecule has 24 heavy (non-hydrogen) atoms. The first-order valence-electron chi connectivity index (χ1n) is 7.17. The van der Waals surface area contributed by atoms with E-state index in [9.17, 15) is 26.4 Å². The van der Waals surface area contributed by atoms with Gasteiger partial charge in [0.15, 0.2) is 9.84 Å². The van der Waals surface area contributed by atoms with Crippen molar-refractivity contribution in [3.8, 4) is 0 Å². The quantitative estimate of drug-likeness (QED) is 0.817. The van der Waals surface area contributed by atoms with E-state index in [-0.39, 0.29) is 36.2 Å². The van der Waals surface area contributed by atoms with Gasteiger partial charge in [-0.25, -0.2) is 8.42 Å². The van der Waals surface area contributed by atoms with Crippen LogP contribution in [0.25, 0.3) is 0 Å². The van der Waals surface area contributed by atoms with Gasteiger partial charge in [-0.05, 0) is 24.6 Å². The number of sulfone groups is 1. The van der Waals surface area contributed by atoms with Crippen LogP contribution in [0.15, 0.2) is 18.2 Å². The molecule has 1 aliphatic rings. The van der Waals surface area contributed by atoms with Crippen LogP contribution in [0.5, 0.6) is 0 Å². The molecule has 10 heteroatoms. The number of benzene rings is 1. The van der Waals surface area contributed by atoms with Gasteiger partial charge in [-0.3, -0.25) is 4.79 Å². The lowest BCUT2D eigenvalue weighted by Crippen LogP contribution is -2.32. The van der Waals surface area contributed by atoms with E-state index in [4.69, 9.17) is 11.6 Å². The van der Waals surface area contributed by atoms with Crippen LogP contribution in [0.4, 0.5) is 18.9 Å². The number of alkyl halides is 3. The summed E-state index contributed by atoms with van der Waals surface area (Å²) in [7, 11) is -3.00. The Bertz CT molecular complexity index is 722. The molecule has 0 radical (unpaired) electrons. The first kappa shape index (κ1) is 19.0. The van der Waals surface area contributed by atoms with Crippen LogP contribution < -0.4 is 10.6 Å². The average molecular weight is 385 g/mol. The Kier molecular flexibility index (Phi) is 5.77. The van der Waals surface area contributed by atoms with E-state index < -0.39 is 32.5 Å². The van der Waals surface area contributed by atoms with Crippen molar-refractivity contribution < 1.29 is 26.4 Å². The average Bonchev–Trinajstić information content (AvgIpc) is 2.79. The Morgan fingerprint density at radius 1 is 1.33 bits per heavy atom. The summed E-state index contributed by atoms with van der Waals surface area (Å²) < 4.78 is 60.8. The highest BCUT2D eigenvalue weighted by Crippen LogP contribution is 2.36. The Balaban J connectivity index is 1.85. The number of halogens is 4. The molecule has 1 unspecified atom stereocenters. The molecule has 1 atom stereocenters. The fourth-order valence-corrected chi connectivity index (χ4v) is 4.32. The third-order valence-corrected chi connectivity index (χ3v) is 5.67. The van der Waals surface area contributed by atoms with Crippen LogP contribution in [0.3, 0.4) is 0 Å². The molecule has 134 valence electrons. The molecule has 0 aromatic heterocycles. The summed E-state index contributed by atoms with van der Waals surface area (Å²) in [6.07, 6.45) is -4.09. The van der Waals surface area contributed by atoms with Crippen LogP contribution in [0, 0.1) is 0 Å². The van der Waals surface area contributed by atoms with E-state index in [1.165, 1.54) is 6.07 Å². The van der Waals surface area contributed by atoms with E-state index in [1.54, 1.807) is 0 Å². The van der Waals surface area contributed by atoms with Gasteiger partial charge in [0.1, 0.15) is 0 Å². The molecule has 1 aromatic carbocycles. The topological polar surface area (TPSA) is 75.3 Å². The molecule has 0 spiro atoms. The minimum atomic E-state index is -4.60. The predicted molar refractivity (Wildman–Crippen MR) is 84.8 cm³/mol. The van der Waals surface area contributed by atoms with Gasteiger partial charge in [-0.2, -0.15) is 13.2 Å². The SMILES string of the molecule is O=C(CCNC1CCS(=O)(=O)C1)Nc1ccc(Cl)c(C(F)(F)F)c1. The number of rotatable bonds is 5. The summed E-state index contributed by atoms with van der Waals surface area (Å²) >= 11 is 5.50. The number of amides is 1. The lowest BCUT2D eigenvalue weighted by atomic mass is 10.2. The number of nitrogens with one attached hydrogen (secondary N) is 2. The maximum atomic E-state index is 12.7. The molecule has 1 heterocycles. The number of carbonyl (C=O) groups excluding carboxylic acids is 1. The highest BCUT2D eigenvalue weighted by atomic mass is 35.5. The molecule has 1 saturated heterocycles. The number of hydrogen-bond donors (Lipinski definition) is 2. The van der Waals surface area contributed by atoms with Crippen molar-refractivity contribution in [2.45, 2.75) is 25.1 Å². The molecular formula is C14H16ClF3N2O3S. The van der Waals surface area contributed by atoms with Gasteiger partial charge in [0.25, 0.3) is 0 Å². The van der Waals surface area contributed by atoms with Crippen molar-refractivity contribution in [1.29, 1.82) is 0 Å². The normalized spacial score (nSPS) is 20.1. The highest BCUT2D eigenvalue weighted by molar-refractivity contribution is 7.91. The Morgan fingerprint density at radius 2 is 2.04 bits per heavy atom. The van der Waals surface area contributed by atoms with Gasteiger partial charge in [0.05, 0.1) is 22.1 Å². The second-order valence-electron chi connectivity index (χ2n) is 5.54.